The summed E-state index contributed by atoms with van der Waals surface area (Å²) in [5.74, 6) is -0.325. The molecule has 0 aliphatic heterocycles. The molecule has 0 saturated heterocycles. The molecule has 2 N–H and O–H groups in total. The summed E-state index contributed by atoms with van der Waals surface area (Å²) in [5.41, 5.74) is 7.09. The second kappa shape index (κ2) is 7.86. The molecule has 0 atom stereocenters. The van der Waals surface area contributed by atoms with Crippen molar-refractivity contribution in [3.8, 4) is 11.1 Å². The third-order valence-electron chi connectivity index (χ3n) is 3.86. The zero-order chi connectivity index (χ0) is 18.0. The smallest absolute Gasteiger partial charge is 0.384 e. The fraction of sp³-hybridized carbons (Fsp3) is 0.222. The SMILES string of the molecule is Cl.Nc1ccc(-c2c(F)ccc3cccnc23)c(CCCC(F)(F)F)n1. The third-order valence-corrected chi connectivity index (χ3v) is 3.86. The molecule has 0 amide bonds. The van der Waals surface area contributed by atoms with E-state index in [1.54, 1.807) is 30.5 Å². The molecular weight excluding hydrogens is 370 g/mol. The number of nitrogen functional groups attached to an aromatic ring is 1. The molecule has 138 valence electrons. The highest BCUT2D eigenvalue weighted by molar-refractivity contribution is 5.94. The Morgan fingerprint density at radius 2 is 1.81 bits per heavy atom. The van der Waals surface area contributed by atoms with Crippen LogP contribution in [0.1, 0.15) is 18.5 Å². The number of rotatable bonds is 4. The lowest BCUT2D eigenvalue weighted by atomic mass is 9.97. The fourth-order valence-electron chi connectivity index (χ4n) is 2.77. The van der Waals surface area contributed by atoms with Crippen molar-refractivity contribution in [2.45, 2.75) is 25.4 Å². The molecule has 0 aliphatic carbocycles. The van der Waals surface area contributed by atoms with E-state index in [9.17, 15) is 17.6 Å². The number of halogens is 5. The highest BCUT2D eigenvalue weighted by Crippen LogP contribution is 2.33. The quantitative estimate of drug-likeness (QED) is 0.618. The van der Waals surface area contributed by atoms with Crippen LogP contribution in [0, 0.1) is 5.82 Å². The number of hydrogen-bond acceptors (Lipinski definition) is 3. The number of aromatic nitrogens is 2. The maximum atomic E-state index is 14.5. The van der Waals surface area contributed by atoms with Crippen LogP contribution >= 0.6 is 12.4 Å². The van der Waals surface area contributed by atoms with Gasteiger partial charge in [0, 0.05) is 29.1 Å². The number of pyridine rings is 2. The van der Waals surface area contributed by atoms with E-state index < -0.39 is 18.4 Å². The molecule has 8 heteroatoms. The van der Waals surface area contributed by atoms with Crippen LogP contribution in [0.3, 0.4) is 0 Å². The topological polar surface area (TPSA) is 51.8 Å². The lowest BCUT2D eigenvalue weighted by Crippen LogP contribution is -2.08. The van der Waals surface area contributed by atoms with E-state index in [1.165, 1.54) is 12.1 Å². The molecule has 1 aromatic carbocycles. The second-order valence-electron chi connectivity index (χ2n) is 5.70. The number of nitrogens with two attached hydrogens (primary N) is 1. The van der Waals surface area contributed by atoms with E-state index >= 15 is 0 Å². The second-order valence-corrected chi connectivity index (χ2v) is 5.70. The van der Waals surface area contributed by atoms with Crippen LogP contribution in [0.4, 0.5) is 23.4 Å². The molecular formula is C18H16ClF4N3. The number of alkyl halides is 3. The Hall–Kier alpha value is -2.41. The Balaban J connectivity index is 0.00000243. The number of nitrogens with zero attached hydrogens (tertiary/aromatic N) is 2. The van der Waals surface area contributed by atoms with E-state index in [1.807, 2.05) is 0 Å². The van der Waals surface area contributed by atoms with Gasteiger partial charge >= 0.3 is 6.18 Å². The summed E-state index contributed by atoms with van der Waals surface area (Å²) in [4.78, 5) is 8.36. The molecule has 2 heterocycles. The molecule has 3 aromatic rings. The van der Waals surface area contributed by atoms with Crippen LogP contribution in [-0.2, 0) is 6.42 Å². The average Bonchev–Trinajstić information content (AvgIpc) is 2.55. The van der Waals surface area contributed by atoms with Crippen molar-refractivity contribution >= 4 is 29.1 Å². The van der Waals surface area contributed by atoms with Crippen molar-refractivity contribution < 1.29 is 17.6 Å². The highest BCUT2D eigenvalue weighted by atomic mass is 35.5. The molecule has 0 fully saturated rings. The standard InChI is InChI=1S/C18H15F4N3.ClH/c19-13-7-5-11-3-2-10-24-17(11)16(13)12-6-8-15(23)25-14(12)4-1-9-18(20,21)22;/h2-3,5-8,10H,1,4,9H2,(H2,23,25);1H. The van der Waals surface area contributed by atoms with Gasteiger partial charge in [-0.1, -0.05) is 6.07 Å². The van der Waals surface area contributed by atoms with Gasteiger partial charge in [-0.05, 0) is 43.2 Å². The summed E-state index contributed by atoms with van der Waals surface area (Å²) >= 11 is 0. The first kappa shape index (κ1) is 19.9. The van der Waals surface area contributed by atoms with Crippen molar-refractivity contribution in [1.82, 2.24) is 9.97 Å². The zero-order valence-electron chi connectivity index (χ0n) is 13.6. The molecule has 0 unspecified atom stereocenters. The van der Waals surface area contributed by atoms with Crippen molar-refractivity contribution in [2.24, 2.45) is 0 Å². The summed E-state index contributed by atoms with van der Waals surface area (Å²) < 4.78 is 51.8. The van der Waals surface area contributed by atoms with Crippen LogP contribution in [0.2, 0.25) is 0 Å². The van der Waals surface area contributed by atoms with Crippen LogP contribution in [0.5, 0.6) is 0 Å². The van der Waals surface area contributed by atoms with Gasteiger partial charge in [0.1, 0.15) is 11.6 Å². The minimum absolute atomic E-state index is 0. The van der Waals surface area contributed by atoms with Gasteiger partial charge in [-0.3, -0.25) is 4.98 Å². The highest BCUT2D eigenvalue weighted by Gasteiger charge is 2.26. The first-order valence-corrected chi connectivity index (χ1v) is 7.71. The maximum Gasteiger partial charge on any atom is 0.389 e. The lowest BCUT2D eigenvalue weighted by molar-refractivity contribution is -0.135. The fourth-order valence-corrected chi connectivity index (χ4v) is 2.77. The van der Waals surface area contributed by atoms with Gasteiger partial charge in [0.25, 0.3) is 0 Å². The van der Waals surface area contributed by atoms with Crippen LogP contribution in [0.15, 0.2) is 42.6 Å². The van der Waals surface area contributed by atoms with E-state index in [0.717, 1.165) is 5.39 Å². The Bertz CT molecular complexity index is 913. The van der Waals surface area contributed by atoms with Gasteiger partial charge < -0.3 is 5.73 Å². The molecule has 0 radical (unpaired) electrons. The van der Waals surface area contributed by atoms with Gasteiger partial charge in [0.05, 0.1) is 11.2 Å². The summed E-state index contributed by atoms with van der Waals surface area (Å²) in [6.07, 6.45) is -3.74. The summed E-state index contributed by atoms with van der Waals surface area (Å²) in [5, 5.41) is 0.733. The average molecular weight is 386 g/mol. The molecule has 3 rings (SSSR count). The van der Waals surface area contributed by atoms with Gasteiger partial charge in [-0.2, -0.15) is 13.2 Å². The summed E-state index contributed by atoms with van der Waals surface area (Å²) in [7, 11) is 0. The Labute approximate surface area is 153 Å². The largest absolute Gasteiger partial charge is 0.389 e. The molecule has 0 saturated carbocycles. The van der Waals surface area contributed by atoms with Crippen molar-refractivity contribution in [1.29, 1.82) is 0 Å². The van der Waals surface area contributed by atoms with Crippen LogP contribution < -0.4 is 5.73 Å². The van der Waals surface area contributed by atoms with Crippen molar-refractivity contribution in [3.05, 3.63) is 54.1 Å². The molecule has 2 aromatic heterocycles. The first-order chi connectivity index (χ1) is 11.8. The number of hydrogen-bond donors (Lipinski definition) is 1. The van der Waals surface area contributed by atoms with E-state index in [4.69, 9.17) is 5.73 Å². The predicted octanol–water partition coefficient (Wildman–Crippen LogP) is 5.32. The van der Waals surface area contributed by atoms with Crippen LogP contribution in [0.25, 0.3) is 22.0 Å². The molecule has 0 aliphatic rings. The minimum atomic E-state index is -4.24. The predicted molar refractivity (Wildman–Crippen MR) is 95.6 cm³/mol. The minimum Gasteiger partial charge on any atom is -0.384 e. The van der Waals surface area contributed by atoms with Gasteiger partial charge in [0.2, 0.25) is 0 Å². The molecule has 0 bridgehead atoms. The van der Waals surface area contributed by atoms with Gasteiger partial charge in [-0.15, -0.1) is 12.4 Å². The van der Waals surface area contributed by atoms with Gasteiger partial charge in [-0.25, -0.2) is 9.37 Å². The molecule has 3 nitrogen and oxygen atoms in total. The van der Waals surface area contributed by atoms with E-state index in [2.05, 4.69) is 9.97 Å². The first-order valence-electron chi connectivity index (χ1n) is 7.71. The Morgan fingerprint density at radius 3 is 2.54 bits per heavy atom. The van der Waals surface area contributed by atoms with Crippen molar-refractivity contribution in [3.63, 3.8) is 0 Å². The monoisotopic (exact) mass is 385 g/mol. The van der Waals surface area contributed by atoms with Gasteiger partial charge in [0.15, 0.2) is 0 Å². The zero-order valence-corrected chi connectivity index (χ0v) is 14.4. The Morgan fingerprint density at radius 1 is 1.04 bits per heavy atom. The Kier molecular flexibility index (Phi) is 6.02. The molecule has 26 heavy (non-hydrogen) atoms. The third kappa shape index (κ3) is 4.40. The van der Waals surface area contributed by atoms with E-state index in [0.29, 0.717) is 16.8 Å². The summed E-state index contributed by atoms with van der Waals surface area (Å²) in [6, 6.07) is 9.53. The molecule has 0 spiro atoms. The number of aryl methyl sites for hydroxylation is 1. The summed E-state index contributed by atoms with van der Waals surface area (Å²) in [6.45, 7) is 0. The van der Waals surface area contributed by atoms with Crippen molar-refractivity contribution in [2.75, 3.05) is 5.73 Å². The lowest BCUT2D eigenvalue weighted by Gasteiger charge is -2.13. The van der Waals surface area contributed by atoms with Crippen LogP contribution in [-0.4, -0.2) is 16.1 Å². The number of anilines is 1. The normalized spacial score (nSPS) is 11.4. The number of benzene rings is 1. The van der Waals surface area contributed by atoms with E-state index in [-0.39, 0.29) is 36.6 Å². The number of fused-ring (bicyclic) bond motifs is 1. The maximum absolute atomic E-state index is 14.5.